The highest BCUT2D eigenvalue weighted by atomic mass is 16.5. The standard InChI is InChI=1S/C17H25NO4/c1-10(2)12-6-5-7-13(11(3)4)16(12)22-15(19)9-8-14(18)17(20)21/h5-7,10-11,14H,8-9,18H2,1-4H3,(H,20,21)/t14-/m0/s1. The molecule has 0 unspecified atom stereocenters. The molecule has 0 saturated carbocycles. The molecule has 1 aromatic carbocycles. The summed E-state index contributed by atoms with van der Waals surface area (Å²) < 4.78 is 5.54. The summed E-state index contributed by atoms with van der Waals surface area (Å²) in [5.41, 5.74) is 7.36. The van der Waals surface area contributed by atoms with Crippen molar-refractivity contribution in [3.05, 3.63) is 29.3 Å². The third kappa shape index (κ3) is 4.84. The zero-order valence-corrected chi connectivity index (χ0v) is 13.6. The summed E-state index contributed by atoms with van der Waals surface area (Å²) in [5.74, 6) is -0.517. The SMILES string of the molecule is CC(C)c1cccc(C(C)C)c1OC(=O)CC[C@H](N)C(=O)O. The van der Waals surface area contributed by atoms with Crippen molar-refractivity contribution in [1.29, 1.82) is 0 Å². The number of aliphatic carboxylic acids is 1. The lowest BCUT2D eigenvalue weighted by Crippen LogP contribution is -2.31. The molecule has 1 aromatic rings. The van der Waals surface area contributed by atoms with Gasteiger partial charge in [-0.3, -0.25) is 9.59 Å². The van der Waals surface area contributed by atoms with Crippen LogP contribution in [-0.2, 0) is 9.59 Å². The van der Waals surface area contributed by atoms with Gasteiger partial charge in [-0.15, -0.1) is 0 Å². The number of carbonyl (C=O) groups is 2. The van der Waals surface area contributed by atoms with E-state index in [1.54, 1.807) is 0 Å². The molecular formula is C17H25NO4. The predicted octanol–water partition coefficient (Wildman–Crippen LogP) is 3.03. The van der Waals surface area contributed by atoms with E-state index in [2.05, 4.69) is 0 Å². The molecule has 0 fully saturated rings. The maximum atomic E-state index is 12.0. The van der Waals surface area contributed by atoms with Gasteiger partial charge in [-0.2, -0.15) is 0 Å². The Hall–Kier alpha value is -1.88. The van der Waals surface area contributed by atoms with Gasteiger partial charge < -0.3 is 15.6 Å². The summed E-state index contributed by atoms with van der Waals surface area (Å²) in [4.78, 5) is 22.7. The van der Waals surface area contributed by atoms with Crippen LogP contribution in [0.15, 0.2) is 18.2 Å². The van der Waals surface area contributed by atoms with Crippen LogP contribution in [0.2, 0.25) is 0 Å². The van der Waals surface area contributed by atoms with Crippen LogP contribution in [0.25, 0.3) is 0 Å². The minimum Gasteiger partial charge on any atom is -0.480 e. The van der Waals surface area contributed by atoms with E-state index in [-0.39, 0.29) is 24.7 Å². The minimum absolute atomic E-state index is 0.0164. The van der Waals surface area contributed by atoms with Crippen LogP contribution >= 0.6 is 0 Å². The number of rotatable bonds is 7. The van der Waals surface area contributed by atoms with Gasteiger partial charge in [0.25, 0.3) is 0 Å². The Kier molecular flexibility index (Phi) is 6.56. The molecule has 0 radical (unpaired) electrons. The molecule has 22 heavy (non-hydrogen) atoms. The monoisotopic (exact) mass is 307 g/mol. The van der Waals surface area contributed by atoms with Gasteiger partial charge >= 0.3 is 11.9 Å². The zero-order chi connectivity index (χ0) is 16.9. The van der Waals surface area contributed by atoms with Gasteiger partial charge in [-0.1, -0.05) is 45.9 Å². The Morgan fingerprint density at radius 1 is 1.14 bits per heavy atom. The molecule has 0 aromatic heterocycles. The predicted molar refractivity (Wildman–Crippen MR) is 85.1 cm³/mol. The van der Waals surface area contributed by atoms with Gasteiger partial charge in [0.15, 0.2) is 0 Å². The topological polar surface area (TPSA) is 89.6 Å². The lowest BCUT2D eigenvalue weighted by molar-refractivity contribution is -0.139. The maximum absolute atomic E-state index is 12.0. The number of hydrogen-bond acceptors (Lipinski definition) is 4. The van der Waals surface area contributed by atoms with Crippen molar-refractivity contribution >= 4 is 11.9 Å². The molecule has 3 N–H and O–H groups in total. The molecule has 0 aliphatic rings. The quantitative estimate of drug-likeness (QED) is 0.597. The van der Waals surface area contributed by atoms with Crippen LogP contribution in [0.3, 0.4) is 0 Å². The van der Waals surface area contributed by atoms with Crippen LogP contribution in [0.1, 0.15) is 63.5 Å². The molecule has 0 aliphatic heterocycles. The number of para-hydroxylation sites is 1. The number of ether oxygens (including phenoxy) is 1. The molecule has 122 valence electrons. The first-order chi connectivity index (χ1) is 10.2. The molecule has 1 atom stereocenters. The molecule has 0 spiro atoms. The molecule has 0 heterocycles. The van der Waals surface area contributed by atoms with Crippen molar-refractivity contribution in [2.75, 3.05) is 0 Å². The number of benzene rings is 1. The fourth-order valence-corrected chi connectivity index (χ4v) is 2.16. The highest BCUT2D eigenvalue weighted by Crippen LogP contribution is 2.34. The lowest BCUT2D eigenvalue weighted by atomic mass is 9.94. The molecule has 0 aliphatic carbocycles. The molecule has 5 heteroatoms. The van der Waals surface area contributed by atoms with Crippen LogP contribution in [0.5, 0.6) is 5.75 Å². The fraction of sp³-hybridized carbons (Fsp3) is 0.529. The van der Waals surface area contributed by atoms with Crippen molar-refractivity contribution in [3.8, 4) is 5.75 Å². The van der Waals surface area contributed by atoms with Crippen molar-refractivity contribution in [2.45, 2.75) is 58.4 Å². The third-order valence-corrected chi connectivity index (χ3v) is 3.51. The summed E-state index contributed by atoms with van der Waals surface area (Å²) in [6, 6.07) is 4.81. The van der Waals surface area contributed by atoms with E-state index in [4.69, 9.17) is 15.6 Å². The van der Waals surface area contributed by atoms with Crippen LogP contribution in [-0.4, -0.2) is 23.1 Å². The number of carboxylic acids is 1. The van der Waals surface area contributed by atoms with E-state index >= 15 is 0 Å². The average molecular weight is 307 g/mol. The van der Waals surface area contributed by atoms with E-state index in [1.807, 2.05) is 45.9 Å². The van der Waals surface area contributed by atoms with Crippen LogP contribution < -0.4 is 10.5 Å². The van der Waals surface area contributed by atoms with Gasteiger partial charge in [0.2, 0.25) is 0 Å². The fourth-order valence-electron chi connectivity index (χ4n) is 2.16. The molecular weight excluding hydrogens is 282 g/mol. The largest absolute Gasteiger partial charge is 0.480 e. The second kappa shape index (κ2) is 7.94. The average Bonchev–Trinajstić information content (AvgIpc) is 2.44. The summed E-state index contributed by atoms with van der Waals surface area (Å²) >= 11 is 0. The summed E-state index contributed by atoms with van der Waals surface area (Å²) in [6.45, 7) is 8.16. The van der Waals surface area contributed by atoms with E-state index in [0.717, 1.165) is 11.1 Å². The Morgan fingerprint density at radius 3 is 2.05 bits per heavy atom. The van der Waals surface area contributed by atoms with Crippen molar-refractivity contribution in [2.24, 2.45) is 5.73 Å². The molecule has 5 nitrogen and oxygen atoms in total. The Bertz CT molecular complexity index is 511. The highest BCUT2D eigenvalue weighted by molar-refractivity contribution is 5.76. The normalized spacial score (nSPS) is 12.5. The van der Waals surface area contributed by atoms with Gasteiger partial charge in [0, 0.05) is 6.42 Å². The van der Waals surface area contributed by atoms with E-state index in [1.165, 1.54) is 0 Å². The molecule has 0 amide bonds. The van der Waals surface area contributed by atoms with Crippen LogP contribution in [0.4, 0.5) is 0 Å². The molecule has 0 bridgehead atoms. The van der Waals surface area contributed by atoms with Gasteiger partial charge in [0.05, 0.1) is 0 Å². The smallest absolute Gasteiger partial charge is 0.320 e. The number of carbonyl (C=O) groups excluding carboxylic acids is 1. The number of carboxylic acid groups (broad SMARTS) is 1. The number of esters is 1. The molecule has 0 saturated heterocycles. The third-order valence-electron chi connectivity index (χ3n) is 3.51. The highest BCUT2D eigenvalue weighted by Gasteiger charge is 2.19. The maximum Gasteiger partial charge on any atom is 0.320 e. The van der Waals surface area contributed by atoms with Crippen molar-refractivity contribution in [1.82, 2.24) is 0 Å². The van der Waals surface area contributed by atoms with E-state index < -0.39 is 18.0 Å². The first-order valence-electron chi connectivity index (χ1n) is 7.55. The zero-order valence-electron chi connectivity index (χ0n) is 13.6. The van der Waals surface area contributed by atoms with Crippen molar-refractivity contribution in [3.63, 3.8) is 0 Å². The summed E-state index contributed by atoms with van der Waals surface area (Å²) in [6.07, 6.45) is 0.0481. The first-order valence-corrected chi connectivity index (χ1v) is 7.55. The van der Waals surface area contributed by atoms with Gasteiger partial charge in [-0.25, -0.2) is 0 Å². The molecule has 1 rings (SSSR count). The van der Waals surface area contributed by atoms with E-state index in [0.29, 0.717) is 5.75 Å². The van der Waals surface area contributed by atoms with Gasteiger partial charge in [0.1, 0.15) is 11.8 Å². The summed E-state index contributed by atoms with van der Waals surface area (Å²) in [5, 5.41) is 8.74. The number of nitrogens with two attached hydrogens (primary N) is 1. The Morgan fingerprint density at radius 2 is 1.64 bits per heavy atom. The minimum atomic E-state index is -1.11. The second-order valence-corrected chi connectivity index (χ2v) is 6.03. The van der Waals surface area contributed by atoms with Crippen molar-refractivity contribution < 1.29 is 19.4 Å². The number of hydrogen-bond donors (Lipinski definition) is 2. The van der Waals surface area contributed by atoms with Crippen LogP contribution in [0, 0.1) is 0 Å². The lowest BCUT2D eigenvalue weighted by Gasteiger charge is -2.19. The Balaban J connectivity index is 2.91. The second-order valence-electron chi connectivity index (χ2n) is 6.03. The first kappa shape index (κ1) is 18.2. The van der Waals surface area contributed by atoms with E-state index in [9.17, 15) is 9.59 Å². The summed E-state index contributed by atoms with van der Waals surface area (Å²) in [7, 11) is 0. The Labute approximate surface area is 131 Å². The van der Waals surface area contributed by atoms with Gasteiger partial charge in [-0.05, 0) is 29.4 Å².